The van der Waals surface area contributed by atoms with Gasteiger partial charge in [0.2, 0.25) is 0 Å². The number of nitriles is 1. The number of aromatic hydroxyl groups is 1. The number of benzene rings is 3. The third kappa shape index (κ3) is 1.33. The van der Waals surface area contributed by atoms with Gasteiger partial charge in [-0.3, -0.25) is 0 Å². The maximum atomic E-state index is 9.65. The summed E-state index contributed by atoms with van der Waals surface area (Å²) in [5.74, 6) is 0.154. The molecule has 0 atom stereocenters. The van der Waals surface area contributed by atoms with Crippen molar-refractivity contribution in [2.24, 2.45) is 0 Å². The van der Waals surface area contributed by atoms with Crippen LogP contribution in [0.25, 0.3) is 32.7 Å². The van der Waals surface area contributed by atoms with E-state index < -0.39 is 0 Å². The third-order valence-electron chi connectivity index (χ3n) is 3.58. The molecule has 4 aromatic rings. The normalized spacial score (nSPS) is 11.2. The largest absolute Gasteiger partial charge is 0.508 e. The molecule has 0 fully saturated rings. The van der Waals surface area contributed by atoms with Gasteiger partial charge in [0.05, 0.1) is 11.6 Å². The Hall–Kier alpha value is -2.99. The molecule has 94 valence electrons. The van der Waals surface area contributed by atoms with Gasteiger partial charge in [0, 0.05) is 16.2 Å². The lowest BCUT2D eigenvalue weighted by Crippen LogP contribution is -1.81. The van der Waals surface area contributed by atoms with Crippen molar-refractivity contribution in [3.63, 3.8) is 0 Å². The molecule has 0 unspecified atom stereocenters. The number of para-hydroxylation sites is 1. The number of phenolic OH excluding ortho intramolecular Hbond substituents is 1. The van der Waals surface area contributed by atoms with Crippen LogP contribution in [0.15, 0.2) is 52.9 Å². The minimum atomic E-state index is 0.154. The van der Waals surface area contributed by atoms with Crippen molar-refractivity contribution < 1.29 is 9.52 Å². The van der Waals surface area contributed by atoms with Gasteiger partial charge in [-0.15, -0.1) is 0 Å². The molecule has 3 nitrogen and oxygen atoms in total. The van der Waals surface area contributed by atoms with Gasteiger partial charge in [-0.05, 0) is 35.7 Å². The monoisotopic (exact) mass is 259 g/mol. The summed E-state index contributed by atoms with van der Waals surface area (Å²) >= 11 is 0. The fourth-order valence-electron chi connectivity index (χ4n) is 2.72. The van der Waals surface area contributed by atoms with E-state index >= 15 is 0 Å². The van der Waals surface area contributed by atoms with E-state index in [4.69, 9.17) is 4.42 Å². The summed E-state index contributed by atoms with van der Waals surface area (Å²) in [5.41, 5.74) is 2.00. The summed E-state index contributed by atoms with van der Waals surface area (Å²) in [5, 5.41) is 22.6. The van der Waals surface area contributed by atoms with E-state index in [0.717, 1.165) is 27.1 Å². The quantitative estimate of drug-likeness (QED) is 0.511. The van der Waals surface area contributed by atoms with Crippen LogP contribution in [0.5, 0.6) is 5.75 Å². The highest BCUT2D eigenvalue weighted by Gasteiger charge is 2.13. The molecular formula is C17H9NO2. The van der Waals surface area contributed by atoms with Crippen molar-refractivity contribution in [2.45, 2.75) is 0 Å². The molecule has 4 rings (SSSR count). The minimum Gasteiger partial charge on any atom is -0.508 e. The van der Waals surface area contributed by atoms with Crippen molar-refractivity contribution >= 4 is 32.7 Å². The van der Waals surface area contributed by atoms with Crippen LogP contribution >= 0.6 is 0 Å². The molecule has 0 bridgehead atoms. The first kappa shape index (κ1) is 10.9. The highest BCUT2D eigenvalue weighted by Crippen LogP contribution is 2.37. The first-order valence-electron chi connectivity index (χ1n) is 6.25. The van der Waals surface area contributed by atoms with Crippen LogP contribution < -0.4 is 0 Å². The lowest BCUT2D eigenvalue weighted by Gasteiger charge is -2.03. The summed E-state index contributed by atoms with van der Waals surface area (Å²) in [7, 11) is 0. The van der Waals surface area contributed by atoms with Crippen molar-refractivity contribution in [2.75, 3.05) is 0 Å². The van der Waals surface area contributed by atoms with Crippen molar-refractivity contribution in [1.29, 1.82) is 5.26 Å². The Morgan fingerprint density at radius 1 is 0.900 bits per heavy atom. The molecule has 0 aliphatic rings. The number of hydrogen-bond donors (Lipinski definition) is 1. The van der Waals surface area contributed by atoms with E-state index in [1.54, 1.807) is 18.2 Å². The van der Waals surface area contributed by atoms with Gasteiger partial charge in [0.15, 0.2) is 0 Å². The fourth-order valence-corrected chi connectivity index (χ4v) is 2.72. The zero-order chi connectivity index (χ0) is 13.7. The van der Waals surface area contributed by atoms with E-state index in [2.05, 4.69) is 6.07 Å². The number of nitrogens with zero attached hydrogens (tertiary/aromatic N) is 1. The van der Waals surface area contributed by atoms with Crippen LogP contribution in [0.1, 0.15) is 5.56 Å². The Labute approximate surface area is 114 Å². The first-order valence-corrected chi connectivity index (χ1v) is 6.25. The van der Waals surface area contributed by atoms with Crippen LogP contribution in [-0.2, 0) is 0 Å². The summed E-state index contributed by atoms with van der Waals surface area (Å²) in [6.45, 7) is 0. The topological polar surface area (TPSA) is 57.2 Å². The molecule has 20 heavy (non-hydrogen) atoms. The van der Waals surface area contributed by atoms with E-state index in [9.17, 15) is 10.4 Å². The summed E-state index contributed by atoms with van der Waals surface area (Å²) in [6.07, 6.45) is 0. The Morgan fingerprint density at radius 3 is 2.60 bits per heavy atom. The van der Waals surface area contributed by atoms with E-state index in [0.29, 0.717) is 11.1 Å². The molecule has 1 heterocycles. The summed E-state index contributed by atoms with van der Waals surface area (Å²) in [6, 6.07) is 16.8. The first-order chi connectivity index (χ1) is 9.78. The maximum absolute atomic E-state index is 9.65. The molecule has 0 saturated heterocycles. The van der Waals surface area contributed by atoms with Crippen LogP contribution in [0.2, 0.25) is 0 Å². The standard InChI is InChI=1S/C17H9NO2/c18-9-10-7-16-17(12-6-5-11(19)8-14(10)12)13-3-1-2-4-15(13)20-16/h1-8,19H. The average Bonchev–Trinajstić information content (AvgIpc) is 2.84. The second-order valence-corrected chi connectivity index (χ2v) is 4.74. The van der Waals surface area contributed by atoms with Gasteiger partial charge >= 0.3 is 0 Å². The molecule has 3 heteroatoms. The number of rotatable bonds is 0. The Kier molecular flexibility index (Phi) is 2.04. The molecule has 3 aromatic carbocycles. The van der Waals surface area contributed by atoms with Gasteiger partial charge in [-0.25, -0.2) is 0 Å². The van der Waals surface area contributed by atoms with Crippen LogP contribution in [-0.4, -0.2) is 5.11 Å². The fraction of sp³-hybridized carbons (Fsp3) is 0. The van der Waals surface area contributed by atoms with Crippen LogP contribution in [0.4, 0.5) is 0 Å². The number of furan rings is 1. The lowest BCUT2D eigenvalue weighted by molar-refractivity contribution is 0.476. The Balaban J connectivity index is 2.35. The summed E-state index contributed by atoms with van der Waals surface area (Å²) < 4.78 is 5.82. The van der Waals surface area contributed by atoms with Gasteiger partial charge in [0.1, 0.15) is 16.9 Å². The molecular weight excluding hydrogens is 250 g/mol. The number of hydrogen-bond acceptors (Lipinski definition) is 3. The molecule has 1 aromatic heterocycles. The molecule has 1 N–H and O–H groups in total. The van der Waals surface area contributed by atoms with Crippen molar-refractivity contribution in [3.05, 3.63) is 54.1 Å². The van der Waals surface area contributed by atoms with Gasteiger partial charge in [-0.1, -0.05) is 18.2 Å². The van der Waals surface area contributed by atoms with E-state index in [-0.39, 0.29) is 5.75 Å². The van der Waals surface area contributed by atoms with Gasteiger partial charge in [0.25, 0.3) is 0 Å². The number of phenols is 1. The average molecular weight is 259 g/mol. The Morgan fingerprint density at radius 2 is 1.75 bits per heavy atom. The zero-order valence-corrected chi connectivity index (χ0v) is 10.4. The molecule has 0 aliphatic heterocycles. The maximum Gasteiger partial charge on any atom is 0.137 e. The van der Waals surface area contributed by atoms with Crippen LogP contribution in [0.3, 0.4) is 0 Å². The smallest absolute Gasteiger partial charge is 0.137 e. The van der Waals surface area contributed by atoms with Crippen LogP contribution in [0, 0.1) is 11.3 Å². The van der Waals surface area contributed by atoms with Crippen molar-refractivity contribution in [3.8, 4) is 11.8 Å². The zero-order valence-electron chi connectivity index (χ0n) is 10.4. The summed E-state index contributed by atoms with van der Waals surface area (Å²) in [4.78, 5) is 0. The van der Waals surface area contributed by atoms with Gasteiger partial charge < -0.3 is 9.52 Å². The lowest BCUT2D eigenvalue weighted by atomic mass is 9.99. The Bertz CT molecular complexity index is 1020. The predicted octanol–water partition coefficient (Wildman–Crippen LogP) is 4.32. The second kappa shape index (κ2) is 3.75. The molecule has 0 amide bonds. The van der Waals surface area contributed by atoms with E-state index in [1.165, 1.54) is 0 Å². The van der Waals surface area contributed by atoms with E-state index in [1.807, 2.05) is 30.3 Å². The highest BCUT2D eigenvalue weighted by atomic mass is 16.3. The minimum absolute atomic E-state index is 0.154. The molecule has 0 radical (unpaired) electrons. The SMILES string of the molecule is N#Cc1cc2oc3ccccc3c2c2ccc(O)cc12. The van der Waals surface area contributed by atoms with Crippen molar-refractivity contribution in [1.82, 2.24) is 0 Å². The molecule has 0 saturated carbocycles. The number of fused-ring (bicyclic) bond motifs is 5. The predicted molar refractivity (Wildman–Crippen MR) is 77.6 cm³/mol. The van der Waals surface area contributed by atoms with Gasteiger partial charge in [-0.2, -0.15) is 5.26 Å². The second-order valence-electron chi connectivity index (χ2n) is 4.74. The molecule has 0 spiro atoms. The highest BCUT2D eigenvalue weighted by molar-refractivity contribution is 6.20. The third-order valence-corrected chi connectivity index (χ3v) is 3.58. The molecule has 0 aliphatic carbocycles.